The summed E-state index contributed by atoms with van der Waals surface area (Å²) in [7, 11) is 0. The lowest BCUT2D eigenvalue weighted by Gasteiger charge is -2.49. The van der Waals surface area contributed by atoms with Gasteiger partial charge in [0.25, 0.3) is 0 Å². The first-order valence-corrected chi connectivity index (χ1v) is 10.3. The van der Waals surface area contributed by atoms with Crippen LogP contribution in [-0.2, 0) is 0 Å². The van der Waals surface area contributed by atoms with E-state index in [1.807, 2.05) is 0 Å². The second kappa shape index (κ2) is 7.87. The second-order valence-electron chi connectivity index (χ2n) is 9.99. The van der Waals surface area contributed by atoms with E-state index in [1.165, 1.54) is 44.9 Å². The number of nitrogens with zero attached hydrogens (tertiary/aromatic N) is 1. The van der Waals surface area contributed by atoms with Gasteiger partial charge in [0, 0.05) is 11.8 Å². The lowest BCUT2D eigenvalue weighted by atomic mass is 9.68. The molecule has 2 aliphatic rings. The lowest BCUT2D eigenvalue weighted by molar-refractivity contribution is -0.892. The molecule has 2 nitrogen and oxygen atoms in total. The summed E-state index contributed by atoms with van der Waals surface area (Å²) in [6.07, 6.45) is 10.5. The second-order valence-corrected chi connectivity index (χ2v) is 9.99. The fourth-order valence-electron chi connectivity index (χ4n) is 5.30. The Bertz CT molecular complexity index is 353. The zero-order valence-corrected chi connectivity index (χ0v) is 16.4. The van der Waals surface area contributed by atoms with E-state index < -0.39 is 0 Å². The van der Waals surface area contributed by atoms with E-state index >= 15 is 0 Å². The maximum atomic E-state index is 13.1. The molecule has 1 saturated carbocycles. The zero-order valence-electron chi connectivity index (χ0n) is 16.4. The maximum Gasteiger partial charge on any atom is 0.0812 e. The molecular formula is C21H41NO. The molecule has 0 aromatic carbocycles. The van der Waals surface area contributed by atoms with E-state index in [0.717, 1.165) is 37.9 Å². The predicted octanol–water partition coefficient (Wildman–Crippen LogP) is 6.00. The Kier molecular flexibility index (Phi) is 6.58. The molecule has 0 aromatic heterocycles. The summed E-state index contributed by atoms with van der Waals surface area (Å²) in [6, 6.07) is 0. The SMILES string of the molecule is CCC1CCC[N+]([O-])(CC(C)CC2CCC(C(C)(C)C)CC2)C1. The molecule has 2 fully saturated rings. The third-order valence-corrected chi connectivity index (χ3v) is 6.80. The highest BCUT2D eigenvalue weighted by Crippen LogP contribution is 2.41. The molecule has 3 unspecified atom stereocenters. The van der Waals surface area contributed by atoms with Crippen LogP contribution in [0.5, 0.6) is 0 Å². The van der Waals surface area contributed by atoms with Gasteiger partial charge in [-0.15, -0.1) is 0 Å². The Labute approximate surface area is 145 Å². The van der Waals surface area contributed by atoms with Crippen LogP contribution in [0.25, 0.3) is 0 Å². The van der Waals surface area contributed by atoms with Crippen LogP contribution in [0.15, 0.2) is 0 Å². The van der Waals surface area contributed by atoms with Gasteiger partial charge in [0.1, 0.15) is 0 Å². The van der Waals surface area contributed by atoms with Gasteiger partial charge in [0.05, 0.1) is 19.6 Å². The van der Waals surface area contributed by atoms with Crippen LogP contribution < -0.4 is 0 Å². The topological polar surface area (TPSA) is 23.1 Å². The Morgan fingerprint density at radius 1 is 1.04 bits per heavy atom. The molecule has 136 valence electrons. The molecule has 0 spiro atoms. The van der Waals surface area contributed by atoms with Crippen molar-refractivity contribution in [1.29, 1.82) is 0 Å². The van der Waals surface area contributed by atoms with Crippen molar-refractivity contribution in [2.75, 3.05) is 19.6 Å². The van der Waals surface area contributed by atoms with Crippen LogP contribution in [0, 0.1) is 34.3 Å². The van der Waals surface area contributed by atoms with Crippen molar-refractivity contribution in [2.45, 2.75) is 86.0 Å². The number of quaternary nitrogens is 1. The van der Waals surface area contributed by atoms with Gasteiger partial charge in [-0.2, -0.15) is 0 Å². The third-order valence-electron chi connectivity index (χ3n) is 6.80. The molecule has 0 amide bonds. The van der Waals surface area contributed by atoms with Crippen LogP contribution in [0.2, 0.25) is 0 Å². The van der Waals surface area contributed by atoms with Crippen molar-refractivity contribution >= 4 is 0 Å². The minimum Gasteiger partial charge on any atom is -0.633 e. The molecule has 0 N–H and O–H groups in total. The van der Waals surface area contributed by atoms with Gasteiger partial charge >= 0.3 is 0 Å². The largest absolute Gasteiger partial charge is 0.633 e. The normalized spacial score (nSPS) is 37.6. The molecule has 2 rings (SSSR count). The summed E-state index contributed by atoms with van der Waals surface area (Å²) in [5.41, 5.74) is 0.476. The Morgan fingerprint density at radius 3 is 2.26 bits per heavy atom. The summed E-state index contributed by atoms with van der Waals surface area (Å²) in [6.45, 7) is 14.4. The summed E-state index contributed by atoms with van der Waals surface area (Å²) in [5, 5.41) is 13.1. The zero-order chi connectivity index (χ0) is 17.1. The molecule has 0 radical (unpaired) electrons. The van der Waals surface area contributed by atoms with Crippen LogP contribution in [-0.4, -0.2) is 24.3 Å². The number of hydrogen-bond donors (Lipinski definition) is 0. The standard InChI is InChI=1S/C21H41NO/c1-6-18-8-7-13-22(23,16-18)15-17(2)14-19-9-11-20(12-10-19)21(3,4)5/h17-20H,6-16H2,1-5H3. The van der Waals surface area contributed by atoms with Gasteiger partial charge in [-0.25, -0.2) is 0 Å². The number of rotatable bonds is 5. The van der Waals surface area contributed by atoms with Crippen LogP contribution >= 0.6 is 0 Å². The van der Waals surface area contributed by atoms with Crippen molar-refractivity contribution in [3.05, 3.63) is 5.21 Å². The first kappa shape index (κ1) is 19.2. The predicted molar refractivity (Wildman–Crippen MR) is 99.9 cm³/mol. The monoisotopic (exact) mass is 323 g/mol. The molecule has 3 atom stereocenters. The molecule has 0 bridgehead atoms. The Hall–Kier alpha value is -0.0800. The van der Waals surface area contributed by atoms with Crippen molar-refractivity contribution in [1.82, 2.24) is 0 Å². The van der Waals surface area contributed by atoms with Crippen molar-refractivity contribution < 1.29 is 4.65 Å². The third kappa shape index (κ3) is 5.74. The molecule has 2 heteroatoms. The average Bonchev–Trinajstić information content (AvgIpc) is 2.46. The number of piperidine rings is 1. The van der Waals surface area contributed by atoms with Gasteiger partial charge in [-0.1, -0.05) is 47.5 Å². The van der Waals surface area contributed by atoms with E-state index in [1.54, 1.807) is 0 Å². The molecule has 0 aromatic rings. The van der Waals surface area contributed by atoms with Gasteiger partial charge in [0.2, 0.25) is 0 Å². The quantitative estimate of drug-likeness (QED) is 0.449. The number of likely N-dealkylation sites (tertiary alicyclic amines) is 1. The van der Waals surface area contributed by atoms with Gasteiger partial charge in [-0.3, -0.25) is 0 Å². The van der Waals surface area contributed by atoms with Gasteiger partial charge in [0.15, 0.2) is 0 Å². The summed E-state index contributed by atoms with van der Waals surface area (Å²) >= 11 is 0. The minimum absolute atomic E-state index is 0.108. The highest BCUT2D eigenvalue weighted by molar-refractivity contribution is 4.81. The van der Waals surface area contributed by atoms with Crippen molar-refractivity contribution in [3.8, 4) is 0 Å². The molecule has 23 heavy (non-hydrogen) atoms. The summed E-state index contributed by atoms with van der Waals surface area (Å²) in [5.74, 6) is 3.05. The first-order valence-electron chi connectivity index (χ1n) is 10.3. The Morgan fingerprint density at radius 2 is 1.70 bits per heavy atom. The van der Waals surface area contributed by atoms with Crippen LogP contribution in [0.3, 0.4) is 0 Å². The lowest BCUT2D eigenvalue weighted by Crippen LogP contribution is -2.51. The molecule has 1 saturated heterocycles. The maximum absolute atomic E-state index is 13.1. The summed E-state index contributed by atoms with van der Waals surface area (Å²) < 4.78 is 0.108. The summed E-state index contributed by atoms with van der Waals surface area (Å²) in [4.78, 5) is 0. The molecule has 1 heterocycles. The van der Waals surface area contributed by atoms with Crippen molar-refractivity contribution in [3.63, 3.8) is 0 Å². The molecular weight excluding hydrogens is 282 g/mol. The fourth-order valence-corrected chi connectivity index (χ4v) is 5.30. The van der Waals surface area contributed by atoms with E-state index in [4.69, 9.17) is 0 Å². The van der Waals surface area contributed by atoms with E-state index in [9.17, 15) is 5.21 Å². The molecule has 1 aliphatic heterocycles. The van der Waals surface area contributed by atoms with E-state index in [0.29, 0.717) is 17.3 Å². The number of hydrogen-bond acceptors (Lipinski definition) is 1. The minimum atomic E-state index is 0.108. The highest BCUT2D eigenvalue weighted by Gasteiger charge is 2.32. The van der Waals surface area contributed by atoms with Gasteiger partial charge < -0.3 is 9.85 Å². The molecule has 1 aliphatic carbocycles. The fraction of sp³-hybridized carbons (Fsp3) is 1.00. The number of hydroxylamine groups is 3. The van der Waals surface area contributed by atoms with E-state index in [-0.39, 0.29) is 4.65 Å². The first-order chi connectivity index (χ1) is 10.7. The van der Waals surface area contributed by atoms with Crippen LogP contribution in [0.4, 0.5) is 0 Å². The average molecular weight is 324 g/mol. The van der Waals surface area contributed by atoms with E-state index in [2.05, 4.69) is 34.6 Å². The van der Waals surface area contributed by atoms with Crippen LogP contribution in [0.1, 0.15) is 86.0 Å². The van der Waals surface area contributed by atoms with Gasteiger partial charge in [-0.05, 0) is 55.8 Å². The Balaban J connectivity index is 1.76. The van der Waals surface area contributed by atoms with Crippen molar-refractivity contribution in [2.24, 2.45) is 29.1 Å². The highest BCUT2D eigenvalue weighted by atomic mass is 16.5. The smallest absolute Gasteiger partial charge is 0.0812 e.